The number of nitrogens with one attached hydrogen (secondary N) is 1. The van der Waals surface area contributed by atoms with Crippen molar-refractivity contribution in [1.29, 1.82) is 0 Å². The van der Waals surface area contributed by atoms with E-state index in [0.29, 0.717) is 4.90 Å². The Balaban J connectivity index is 2.01. The SMILES string of the molecule is CCCCc1ccc(S(=O)(=O)NC(C)C2CCCO2)cc1. The maximum Gasteiger partial charge on any atom is 0.240 e. The monoisotopic (exact) mass is 311 g/mol. The molecule has 1 aromatic rings. The molecule has 1 aromatic carbocycles. The summed E-state index contributed by atoms with van der Waals surface area (Å²) in [6, 6.07) is 6.99. The van der Waals surface area contributed by atoms with Gasteiger partial charge in [0.15, 0.2) is 0 Å². The zero-order chi connectivity index (χ0) is 15.3. The third-order valence-electron chi connectivity index (χ3n) is 3.92. The van der Waals surface area contributed by atoms with Gasteiger partial charge in [-0.1, -0.05) is 25.5 Å². The van der Waals surface area contributed by atoms with Crippen molar-refractivity contribution < 1.29 is 13.2 Å². The predicted molar refractivity (Wildman–Crippen MR) is 83.8 cm³/mol. The number of sulfonamides is 1. The zero-order valence-corrected chi connectivity index (χ0v) is 13.7. The first-order chi connectivity index (χ1) is 10.0. The minimum Gasteiger partial charge on any atom is -0.377 e. The molecule has 1 heterocycles. The van der Waals surface area contributed by atoms with Gasteiger partial charge in [-0.05, 0) is 50.3 Å². The molecule has 2 unspecified atom stereocenters. The van der Waals surface area contributed by atoms with Crippen molar-refractivity contribution in [1.82, 2.24) is 4.72 Å². The Morgan fingerprint density at radius 1 is 1.33 bits per heavy atom. The second kappa shape index (κ2) is 7.38. The molecule has 0 spiro atoms. The average Bonchev–Trinajstić information content (AvgIpc) is 2.99. The summed E-state index contributed by atoms with van der Waals surface area (Å²) in [6.45, 7) is 4.74. The first kappa shape index (κ1) is 16.5. The number of aryl methyl sites for hydroxylation is 1. The van der Waals surface area contributed by atoms with Crippen LogP contribution < -0.4 is 4.72 Å². The number of ether oxygens (including phenoxy) is 1. The summed E-state index contributed by atoms with van der Waals surface area (Å²) in [4.78, 5) is 0.326. The predicted octanol–water partition coefficient (Wildman–Crippen LogP) is 2.88. The van der Waals surface area contributed by atoms with Gasteiger partial charge in [0.25, 0.3) is 0 Å². The lowest BCUT2D eigenvalue weighted by Gasteiger charge is -2.20. The lowest BCUT2D eigenvalue weighted by atomic mass is 10.1. The highest BCUT2D eigenvalue weighted by molar-refractivity contribution is 7.89. The lowest BCUT2D eigenvalue weighted by Crippen LogP contribution is -2.40. The highest BCUT2D eigenvalue weighted by Crippen LogP contribution is 2.18. The van der Waals surface area contributed by atoms with Crippen molar-refractivity contribution in [2.24, 2.45) is 0 Å². The molecule has 0 aromatic heterocycles. The summed E-state index contributed by atoms with van der Waals surface area (Å²) >= 11 is 0. The molecule has 1 saturated heterocycles. The molecule has 5 heteroatoms. The van der Waals surface area contributed by atoms with Gasteiger partial charge in [0.2, 0.25) is 10.0 Å². The summed E-state index contributed by atoms with van der Waals surface area (Å²) in [5.41, 5.74) is 1.18. The molecule has 1 aliphatic rings. The molecule has 2 rings (SSSR count). The molecule has 1 aliphatic heterocycles. The maximum absolute atomic E-state index is 12.4. The van der Waals surface area contributed by atoms with Crippen molar-refractivity contribution in [3.8, 4) is 0 Å². The topological polar surface area (TPSA) is 55.4 Å². The molecule has 4 nitrogen and oxygen atoms in total. The van der Waals surface area contributed by atoms with Crippen LogP contribution in [0.15, 0.2) is 29.2 Å². The van der Waals surface area contributed by atoms with Crippen molar-refractivity contribution in [2.75, 3.05) is 6.61 Å². The van der Waals surface area contributed by atoms with Gasteiger partial charge in [0.05, 0.1) is 11.0 Å². The summed E-state index contributed by atoms with van der Waals surface area (Å²) in [5, 5.41) is 0. The van der Waals surface area contributed by atoms with Gasteiger partial charge >= 0.3 is 0 Å². The van der Waals surface area contributed by atoms with E-state index in [0.717, 1.165) is 38.7 Å². The number of hydrogen-bond acceptors (Lipinski definition) is 3. The number of rotatable bonds is 7. The van der Waals surface area contributed by atoms with Crippen LogP contribution in [0.25, 0.3) is 0 Å². The van der Waals surface area contributed by atoms with Crippen LogP contribution in [0.1, 0.15) is 45.1 Å². The van der Waals surface area contributed by atoms with Crippen LogP contribution in [-0.4, -0.2) is 27.2 Å². The van der Waals surface area contributed by atoms with E-state index in [1.807, 2.05) is 19.1 Å². The molecule has 0 amide bonds. The fraction of sp³-hybridized carbons (Fsp3) is 0.625. The highest BCUT2D eigenvalue weighted by atomic mass is 32.2. The zero-order valence-electron chi connectivity index (χ0n) is 12.8. The van der Waals surface area contributed by atoms with E-state index in [1.54, 1.807) is 12.1 Å². The van der Waals surface area contributed by atoms with Gasteiger partial charge in [-0.25, -0.2) is 13.1 Å². The van der Waals surface area contributed by atoms with Gasteiger partial charge in [0.1, 0.15) is 0 Å². The van der Waals surface area contributed by atoms with Gasteiger partial charge < -0.3 is 4.74 Å². The summed E-state index contributed by atoms with van der Waals surface area (Å²) in [5.74, 6) is 0. The first-order valence-corrected chi connectivity index (χ1v) is 9.24. The lowest BCUT2D eigenvalue weighted by molar-refractivity contribution is 0.0902. The standard InChI is InChI=1S/C16H25NO3S/c1-3-4-6-14-8-10-15(11-9-14)21(18,19)17-13(2)16-7-5-12-20-16/h8-11,13,16-17H,3-7,12H2,1-2H3. The van der Waals surface area contributed by atoms with Crippen LogP contribution in [0.4, 0.5) is 0 Å². The second-order valence-corrected chi connectivity index (χ2v) is 7.42. The van der Waals surface area contributed by atoms with E-state index in [9.17, 15) is 8.42 Å². The Hall–Kier alpha value is -0.910. The number of hydrogen-bond donors (Lipinski definition) is 1. The molecular weight excluding hydrogens is 286 g/mol. The van der Waals surface area contributed by atoms with Gasteiger partial charge in [-0.2, -0.15) is 0 Å². The van der Waals surface area contributed by atoms with Crippen molar-refractivity contribution in [3.05, 3.63) is 29.8 Å². The van der Waals surface area contributed by atoms with Crippen LogP contribution in [0.2, 0.25) is 0 Å². The maximum atomic E-state index is 12.4. The number of unbranched alkanes of at least 4 members (excludes halogenated alkanes) is 1. The fourth-order valence-corrected chi connectivity index (χ4v) is 3.87. The minimum absolute atomic E-state index is 0.0106. The Bertz CT molecular complexity index is 533. The van der Waals surface area contributed by atoms with Crippen LogP contribution in [0, 0.1) is 0 Å². The second-order valence-electron chi connectivity index (χ2n) is 5.71. The quantitative estimate of drug-likeness (QED) is 0.842. The molecule has 1 fully saturated rings. The molecule has 2 atom stereocenters. The van der Waals surface area contributed by atoms with E-state index in [2.05, 4.69) is 11.6 Å². The van der Waals surface area contributed by atoms with Crippen LogP contribution >= 0.6 is 0 Å². The molecule has 21 heavy (non-hydrogen) atoms. The van der Waals surface area contributed by atoms with E-state index < -0.39 is 10.0 Å². The van der Waals surface area contributed by atoms with E-state index in [1.165, 1.54) is 5.56 Å². The Kier molecular flexibility index (Phi) is 5.79. The molecule has 0 radical (unpaired) electrons. The van der Waals surface area contributed by atoms with E-state index in [4.69, 9.17) is 4.74 Å². The van der Waals surface area contributed by atoms with Crippen molar-refractivity contribution >= 4 is 10.0 Å². The Labute approximate surface area is 127 Å². The molecule has 0 saturated carbocycles. The summed E-state index contributed by atoms with van der Waals surface area (Å²) in [6.07, 6.45) is 5.17. The summed E-state index contributed by atoms with van der Waals surface area (Å²) in [7, 11) is -3.46. The average molecular weight is 311 g/mol. The van der Waals surface area contributed by atoms with Crippen LogP contribution in [-0.2, 0) is 21.2 Å². The van der Waals surface area contributed by atoms with Crippen molar-refractivity contribution in [2.45, 2.75) is 63.0 Å². The smallest absolute Gasteiger partial charge is 0.240 e. The normalized spacial score (nSPS) is 20.6. The largest absolute Gasteiger partial charge is 0.377 e. The first-order valence-electron chi connectivity index (χ1n) is 7.76. The fourth-order valence-electron chi connectivity index (χ4n) is 2.60. The molecule has 118 valence electrons. The number of benzene rings is 1. The Morgan fingerprint density at radius 3 is 2.62 bits per heavy atom. The molecule has 0 aliphatic carbocycles. The van der Waals surface area contributed by atoms with E-state index >= 15 is 0 Å². The van der Waals surface area contributed by atoms with Gasteiger partial charge in [0, 0.05) is 12.6 Å². The third-order valence-corrected chi connectivity index (χ3v) is 5.49. The molecule has 0 bridgehead atoms. The highest BCUT2D eigenvalue weighted by Gasteiger charge is 2.26. The van der Waals surface area contributed by atoms with Gasteiger partial charge in [-0.3, -0.25) is 0 Å². The van der Waals surface area contributed by atoms with Crippen molar-refractivity contribution in [3.63, 3.8) is 0 Å². The minimum atomic E-state index is -3.46. The summed E-state index contributed by atoms with van der Waals surface area (Å²) < 4.78 is 33.0. The molecular formula is C16H25NO3S. The van der Waals surface area contributed by atoms with Crippen LogP contribution in [0.3, 0.4) is 0 Å². The van der Waals surface area contributed by atoms with E-state index in [-0.39, 0.29) is 12.1 Å². The molecule has 1 N–H and O–H groups in total. The van der Waals surface area contributed by atoms with Gasteiger partial charge in [-0.15, -0.1) is 0 Å². The third kappa shape index (κ3) is 4.53. The van der Waals surface area contributed by atoms with Crippen LogP contribution in [0.5, 0.6) is 0 Å². The Morgan fingerprint density at radius 2 is 2.05 bits per heavy atom.